The largest absolute Gasteiger partial charge is 0.492 e. The summed E-state index contributed by atoms with van der Waals surface area (Å²) < 4.78 is 42.6. The van der Waals surface area contributed by atoms with Gasteiger partial charge in [-0.1, -0.05) is 0 Å². The van der Waals surface area contributed by atoms with E-state index in [1.165, 1.54) is 25.0 Å². The number of alkyl halides is 3. The van der Waals surface area contributed by atoms with Gasteiger partial charge in [0.25, 0.3) is 0 Å². The van der Waals surface area contributed by atoms with Crippen LogP contribution in [0.25, 0.3) is 0 Å². The van der Waals surface area contributed by atoms with Crippen molar-refractivity contribution in [2.24, 2.45) is 10.9 Å². The van der Waals surface area contributed by atoms with Gasteiger partial charge in [0, 0.05) is 13.6 Å². The van der Waals surface area contributed by atoms with Crippen LogP contribution >= 0.6 is 24.0 Å². The van der Waals surface area contributed by atoms with Crippen LogP contribution in [0.4, 0.5) is 13.2 Å². The van der Waals surface area contributed by atoms with Crippen LogP contribution < -0.4 is 15.4 Å². The number of nitrogens with zero attached hydrogens (tertiary/aromatic N) is 1. The number of hydrogen-bond donors (Lipinski definition) is 2. The lowest BCUT2D eigenvalue weighted by Crippen LogP contribution is -2.40. The topological polar surface area (TPSA) is 45.7 Å². The van der Waals surface area contributed by atoms with Gasteiger partial charge in [0.2, 0.25) is 0 Å². The lowest BCUT2D eigenvalue weighted by atomic mass is 10.2. The molecular formula is C15H21F3IN3O. The van der Waals surface area contributed by atoms with E-state index in [1.807, 2.05) is 0 Å². The van der Waals surface area contributed by atoms with Crippen LogP contribution in [0.1, 0.15) is 18.4 Å². The van der Waals surface area contributed by atoms with Gasteiger partial charge in [0.15, 0.2) is 5.96 Å². The molecule has 0 aliphatic heterocycles. The minimum Gasteiger partial charge on any atom is -0.492 e. The van der Waals surface area contributed by atoms with E-state index >= 15 is 0 Å². The van der Waals surface area contributed by atoms with Gasteiger partial charge in [-0.2, -0.15) is 13.2 Å². The highest BCUT2D eigenvalue weighted by Crippen LogP contribution is 2.30. The fourth-order valence-corrected chi connectivity index (χ4v) is 1.86. The molecule has 1 aromatic rings. The zero-order valence-electron chi connectivity index (χ0n) is 12.8. The maximum Gasteiger partial charge on any atom is 0.416 e. The first-order valence-corrected chi connectivity index (χ1v) is 7.23. The quantitative estimate of drug-likeness (QED) is 0.307. The molecule has 0 unspecified atom stereocenters. The van der Waals surface area contributed by atoms with Crippen LogP contribution in [0.3, 0.4) is 0 Å². The van der Waals surface area contributed by atoms with E-state index in [0.29, 0.717) is 24.9 Å². The Morgan fingerprint density at radius 3 is 2.39 bits per heavy atom. The lowest BCUT2D eigenvalue weighted by molar-refractivity contribution is -0.137. The molecular weight excluding hydrogens is 422 g/mol. The fraction of sp³-hybridized carbons (Fsp3) is 0.533. The molecule has 8 heteroatoms. The Morgan fingerprint density at radius 2 is 1.87 bits per heavy atom. The summed E-state index contributed by atoms with van der Waals surface area (Å²) in [5.41, 5.74) is -0.678. The first-order valence-electron chi connectivity index (χ1n) is 7.23. The highest BCUT2D eigenvalue weighted by Gasteiger charge is 2.30. The van der Waals surface area contributed by atoms with E-state index < -0.39 is 11.7 Å². The third-order valence-corrected chi connectivity index (χ3v) is 3.32. The van der Waals surface area contributed by atoms with Crippen molar-refractivity contribution in [2.75, 3.05) is 26.7 Å². The Bertz CT molecular complexity index is 502. The highest BCUT2D eigenvalue weighted by molar-refractivity contribution is 14.0. The van der Waals surface area contributed by atoms with E-state index in [1.54, 1.807) is 7.05 Å². The molecule has 0 aromatic heterocycles. The van der Waals surface area contributed by atoms with Gasteiger partial charge in [-0.15, -0.1) is 24.0 Å². The first-order chi connectivity index (χ1) is 10.5. The molecule has 1 aliphatic carbocycles. The van der Waals surface area contributed by atoms with Gasteiger partial charge < -0.3 is 15.4 Å². The molecule has 0 heterocycles. The molecule has 1 fully saturated rings. The smallest absolute Gasteiger partial charge is 0.416 e. The third-order valence-electron chi connectivity index (χ3n) is 3.32. The summed E-state index contributed by atoms with van der Waals surface area (Å²) in [5, 5.41) is 6.30. The number of aliphatic imine (C=N–C) groups is 1. The molecule has 23 heavy (non-hydrogen) atoms. The SMILES string of the molecule is CN=C(NCCOc1ccc(C(F)(F)F)cc1)NCC1CC1.I. The van der Waals surface area contributed by atoms with E-state index in [-0.39, 0.29) is 24.0 Å². The van der Waals surface area contributed by atoms with Crippen molar-refractivity contribution >= 4 is 29.9 Å². The number of hydrogen-bond acceptors (Lipinski definition) is 2. The van der Waals surface area contributed by atoms with Crippen LogP contribution in [-0.2, 0) is 6.18 Å². The highest BCUT2D eigenvalue weighted by atomic mass is 127. The zero-order chi connectivity index (χ0) is 16.0. The monoisotopic (exact) mass is 443 g/mol. The van der Waals surface area contributed by atoms with Crippen LogP contribution in [0, 0.1) is 5.92 Å². The number of ether oxygens (including phenoxy) is 1. The average molecular weight is 443 g/mol. The van der Waals surface area contributed by atoms with E-state index in [9.17, 15) is 13.2 Å². The Labute approximate surface area is 150 Å². The molecule has 0 radical (unpaired) electrons. The third kappa shape index (κ3) is 7.28. The Morgan fingerprint density at radius 1 is 1.22 bits per heavy atom. The van der Waals surface area contributed by atoms with Crippen molar-refractivity contribution in [3.8, 4) is 5.75 Å². The predicted octanol–water partition coefficient (Wildman–Crippen LogP) is 3.28. The molecule has 0 amide bonds. The molecule has 1 aromatic carbocycles. The van der Waals surface area contributed by atoms with Crippen LogP contribution in [0.15, 0.2) is 29.3 Å². The molecule has 2 rings (SSSR count). The summed E-state index contributed by atoms with van der Waals surface area (Å²) in [7, 11) is 1.69. The number of halogens is 4. The van der Waals surface area contributed by atoms with Crippen LogP contribution in [0.5, 0.6) is 5.75 Å². The minimum atomic E-state index is -4.32. The van der Waals surface area contributed by atoms with Gasteiger partial charge in [-0.25, -0.2) is 0 Å². The molecule has 130 valence electrons. The summed E-state index contributed by atoms with van der Waals surface area (Å²) in [4.78, 5) is 4.08. The fourth-order valence-electron chi connectivity index (χ4n) is 1.86. The Kier molecular flexibility index (Phi) is 7.93. The van der Waals surface area contributed by atoms with Gasteiger partial charge >= 0.3 is 6.18 Å². The molecule has 0 atom stereocenters. The van der Waals surface area contributed by atoms with E-state index in [4.69, 9.17) is 4.74 Å². The molecule has 2 N–H and O–H groups in total. The lowest BCUT2D eigenvalue weighted by Gasteiger charge is -2.12. The number of guanidine groups is 1. The summed E-state index contributed by atoms with van der Waals surface area (Å²) in [5.74, 6) is 1.88. The van der Waals surface area contributed by atoms with Gasteiger partial charge in [0.1, 0.15) is 12.4 Å². The van der Waals surface area contributed by atoms with E-state index in [0.717, 1.165) is 24.6 Å². The predicted molar refractivity (Wildman–Crippen MR) is 94.4 cm³/mol. The maximum absolute atomic E-state index is 12.4. The van der Waals surface area contributed by atoms with Crippen LogP contribution in [-0.4, -0.2) is 32.7 Å². The summed E-state index contributed by atoms with van der Waals surface area (Å²) in [6.07, 6.45) is -1.79. The molecule has 1 aliphatic rings. The van der Waals surface area contributed by atoms with Gasteiger partial charge in [-0.3, -0.25) is 4.99 Å². The van der Waals surface area contributed by atoms with Crippen molar-refractivity contribution in [1.29, 1.82) is 0 Å². The second-order valence-electron chi connectivity index (χ2n) is 5.19. The standard InChI is InChI=1S/C15H20F3N3O.HI/c1-19-14(21-10-11-2-3-11)20-8-9-22-13-6-4-12(5-7-13)15(16,17)18;/h4-7,11H,2-3,8-10H2,1H3,(H2,19,20,21);1H. The van der Waals surface area contributed by atoms with Gasteiger partial charge in [-0.05, 0) is 43.0 Å². The normalized spacial score (nSPS) is 14.9. The molecule has 0 spiro atoms. The molecule has 0 bridgehead atoms. The van der Waals surface area contributed by atoms with Crippen molar-refractivity contribution in [3.05, 3.63) is 29.8 Å². The first kappa shape index (κ1) is 19.9. The molecule has 0 saturated heterocycles. The van der Waals surface area contributed by atoms with Crippen molar-refractivity contribution in [1.82, 2.24) is 10.6 Å². The Balaban J connectivity index is 0.00000264. The zero-order valence-corrected chi connectivity index (χ0v) is 15.2. The summed E-state index contributed by atoms with van der Waals surface area (Å²) >= 11 is 0. The molecule has 1 saturated carbocycles. The second kappa shape index (κ2) is 9.19. The summed E-state index contributed by atoms with van der Waals surface area (Å²) in [6, 6.07) is 4.67. The van der Waals surface area contributed by atoms with Crippen molar-refractivity contribution in [2.45, 2.75) is 19.0 Å². The van der Waals surface area contributed by atoms with E-state index in [2.05, 4.69) is 15.6 Å². The van der Waals surface area contributed by atoms with Crippen LogP contribution in [0.2, 0.25) is 0 Å². The summed E-state index contributed by atoms with van der Waals surface area (Å²) in [6.45, 7) is 1.78. The second-order valence-corrected chi connectivity index (χ2v) is 5.19. The number of nitrogens with one attached hydrogen (secondary N) is 2. The number of benzene rings is 1. The van der Waals surface area contributed by atoms with Crippen molar-refractivity contribution in [3.63, 3.8) is 0 Å². The average Bonchev–Trinajstić information content (AvgIpc) is 3.30. The Hall–Kier alpha value is -1.19. The minimum absolute atomic E-state index is 0. The maximum atomic E-state index is 12.4. The van der Waals surface area contributed by atoms with Crippen molar-refractivity contribution < 1.29 is 17.9 Å². The number of rotatable bonds is 6. The molecule has 4 nitrogen and oxygen atoms in total. The van der Waals surface area contributed by atoms with Gasteiger partial charge in [0.05, 0.1) is 12.1 Å².